The first-order valence-electron chi connectivity index (χ1n) is 6.25. The predicted molar refractivity (Wildman–Crippen MR) is 68.2 cm³/mol. The summed E-state index contributed by atoms with van der Waals surface area (Å²) in [5, 5.41) is 7.03. The van der Waals surface area contributed by atoms with Gasteiger partial charge in [-0.3, -0.25) is 0 Å². The van der Waals surface area contributed by atoms with Gasteiger partial charge in [-0.15, -0.1) is 0 Å². The number of nitrogens with one attached hydrogen (secondary N) is 2. The molecule has 3 heteroatoms. The summed E-state index contributed by atoms with van der Waals surface area (Å²) in [5.41, 5.74) is 2.65. The van der Waals surface area contributed by atoms with Crippen molar-refractivity contribution in [2.45, 2.75) is 18.9 Å². The van der Waals surface area contributed by atoms with E-state index in [1.165, 1.54) is 30.8 Å². The second-order valence-electron chi connectivity index (χ2n) is 4.68. The second kappa shape index (κ2) is 4.34. The predicted octanol–water partition coefficient (Wildman–Crippen LogP) is 1.67. The molecule has 1 aromatic rings. The van der Waals surface area contributed by atoms with Crippen molar-refractivity contribution in [3.63, 3.8) is 0 Å². The van der Waals surface area contributed by atoms with E-state index >= 15 is 0 Å². The van der Waals surface area contributed by atoms with E-state index in [-0.39, 0.29) is 0 Å². The van der Waals surface area contributed by atoms with Gasteiger partial charge in [-0.05, 0) is 31.5 Å². The molecule has 1 aromatic carbocycles. The summed E-state index contributed by atoms with van der Waals surface area (Å²) in [6.07, 6.45) is 2.66. The molecule has 2 N–H and O–H groups in total. The van der Waals surface area contributed by atoms with Gasteiger partial charge in [0.2, 0.25) is 0 Å². The highest BCUT2D eigenvalue weighted by Crippen LogP contribution is 2.28. The van der Waals surface area contributed by atoms with Gasteiger partial charge < -0.3 is 15.5 Å². The Labute approximate surface area is 96.8 Å². The van der Waals surface area contributed by atoms with Crippen molar-refractivity contribution in [1.29, 1.82) is 0 Å². The van der Waals surface area contributed by atoms with Crippen molar-refractivity contribution < 1.29 is 0 Å². The highest BCUT2D eigenvalue weighted by molar-refractivity contribution is 5.71. The van der Waals surface area contributed by atoms with Crippen molar-refractivity contribution in [1.82, 2.24) is 5.32 Å². The van der Waals surface area contributed by atoms with E-state index < -0.39 is 0 Å². The van der Waals surface area contributed by atoms with Crippen LogP contribution in [0.5, 0.6) is 0 Å². The minimum absolute atomic E-state index is 0.686. The Morgan fingerprint density at radius 1 is 1.25 bits per heavy atom. The summed E-state index contributed by atoms with van der Waals surface area (Å²) in [6.45, 7) is 4.52. The third-order valence-electron chi connectivity index (χ3n) is 3.55. The van der Waals surface area contributed by atoms with Crippen LogP contribution in [0.3, 0.4) is 0 Å². The average Bonchev–Trinajstić information content (AvgIpc) is 2.82. The SMILES string of the molecule is c1ccc2c(c1)NCCN2CC1CCCN1. The Hall–Kier alpha value is -1.22. The molecule has 0 radical (unpaired) electrons. The molecule has 1 atom stereocenters. The molecule has 1 unspecified atom stereocenters. The number of para-hydroxylation sites is 2. The van der Waals surface area contributed by atoms with E-state index in [9.17, 15) is 0 Å². The molecule has 86 valence electrons. The van der Waals surface area contributed by atoms with Crippen molar-refractivity contribution in [3.05, 3.63) is 24.3 Å². The lowest BCUT2D eigenvalue weighted by Gasteiger charge is -2.33. The summed E-state index contributed by atoms with van der Waals surface area (Å²) >= 11 is 0. The molecule has 2 heterocycles. The lowest BCUT2D eigenvalue weighted by molar-refractivity contribution is 0.581. The molecule has 3 rings (SSSR count). The van der Waals surface area contributed by atoms with Gasteiger partial charge >= 0.3 is 0 Å². The summed E-state index contributed by atoms with van der Waals surface area (Å²) in [7, 11) is 0. The zero-order chi connectivity index (χ0) is 10.8. The van der Waals surface area contributed by atoms with Gasteiger partial charge in [0.25, 0.3) is 0 Å². The Morgan fingerprint density at radius 3 is 3.06 bits per heavy atom. The summed E-state index contributed by atoms with van der Waals surface area (Å²) in [5.74, 6) is 0. The van der Waals surface area contributed by atoms with Gasteiger partial charge in [-0.2, -0.15) is 0 Å². The second-order valence-corrected chi connectivity index (χ2v) is 4.68. The van der Waals surface area contributed by atoms with Crippen LogP contribution in [0.4, 0.5) is 11.4 Å². The van der Waals surface area contributed by atoms with E-state index in [1.807, 2.05) is 0 Å². The summed E-state index contributed by atoms with van der Waals surface area (Å²) in [4.78, 5) is 2.51. The van der Waals surface area contributed by atoms with Gasteiger partial charge in [0.05, 0.1) is 11.4 Å². The van der Waals surface area contributed by atoms with E-state index in [4.69, 9.17) is 0 Å². The van der Waals surface area contributed by atoms with E-state index in [0.717, 1.165) is 19.6 Å². The Bertz CT molecular complexity index is 358. The number of hydrogen-bond donors (Lipinski definition) is 2. The third kappa shape index (κ3) is 1.87. The van der Waals surface area contributed by atoms with E-state index in [0.29, 0.717) is 6.04 Å². The lowest BCUT2D eigenvalue weighted by Crippen LogP contribution is -2.42. The third-order valence-corrected chi connectivity index (χ3v) is 3.55. The van der Waals surface area contributed by atoms with Crippen LogP contribution in [-0.2, 0) is 0 Å². The molecule has 1 fully saturated rings. The molecule has 16 heavy (non-hydrogen) atoms. The molecule has 1 saturated heterocycles. The Kier molecular flexibility index (Phi) is 2.70. The Morgan fingerprint density at radius 2 is 2.19 bits per heavy atom. The lowest BCUT2D eigenvalue weighted by atomic mass is 10.1. The standard InChI is InChI=1S/C13H19N3/c1-2-6-13-12(5-1)15-8-9-16(13)10-11-4-3-7-14-11/h1-2,5-6,11,14-15H,3-4,7-10H2. The Balaban J connectivity index is 1.76. The molecular weight excluding hydrogens is 198 g/mol. The molecule has 0 saturated carbocycles. The average molecular weight is 217 g/mol. The number of hydrogen-bond acceptors (Lipinski definition) is 3. The van der Waals surface area contributed by atoms with Gasteiger partial charge in [-0.1, -0.05) is 12.1 Å². The number of rotatable bonds is 2. The molecule has 0 bridgehead atoms. The molecule has 0 amide bonds. The van der Waals surface area contributed by atoms with E-state index in [2.05, 4.69) is 39.8 Å². The fourth-order valence-electron chi connectivity index (χ4n) is 2.71. The number of fused-ring (bicyclic) bond motifs is 1. The van der Waals surface area contributed by atoms with Gasteiger partial charge in [0, 0.05) is 25.7 Å². The van der Waals surface area contributed by atoms with Crippen LogP contribution in [0, 0.1) is 0 Å². The van der Waals surface area contributed by atoms with Gasteiger partial charge in [0.15, 0.2) is 0 Å². The van der Waals surface area contributed by atoms with Crippen molar-refractivity contribution >= 4 is 11.4 Å². The number of nitrogens with zero attached hydrogens (tertiary/aromatic N) is 1. The van der Waals surface area contributed by atoms with Crippen LogP contribution in [0.15, 0.2) is 24.3 Å². The van der Waals surface area contributed by atoms with Crippen LogP contribution in [0.2, 0.25) is 0 Å². The van der Waals surface area contributed by atoms with Crippen molar-refractivity contribution in [2.75, 3.05) is 36.4 Å². The fourth-order valence-corrected chi connectivity index (χ4v) is 2.71. The quantitative estimate of drug-likeness (QED) is 0.789. The van der Waals surface area contributed by atoms with Crippen molar-refractivity contribution in [2.24, 2.45) is 0 Å². The monoisotopic (exact) mass is 217 g/mol. The molecule has 2 aliphatic heterocycles. The number of benzene rings is 1. The zero-order valence-electron chi connectivity index (χ0n) is 9.58. The van der Waals surface area contributed by atoms with Crippen LogP contribution >= 0.6 is 0 Å². The molecule has 0 aromatic heterocycles. The first kappa shape index (κ1) is 9.97. The highest BCUT2D eigenvalue weighted by atomic mass is 15.2. The molecular formula is C13H19N3. The van der Waals surface area contributed by atoms with E-state index in [1.54, 1.807) is 0 Å². The fraction of sp³-hybridized carbons (Fsp3) is 0.538. The summed E-state index contributed by atoms with van der Waals surface area (Å²) < 4.78 is 0. The van der Waals surface area contributed by atoms with Crippen LogP contribution in [-0.4, -0.2) is 32.2 Å². The van der Waals surface area contributed by atoms with Crippen LogP contribution in [0.1, 0.15) is 12.8 Å². The van der Waals surface area contributed by atoms with Crippen LogP contribution < -0.4 is 15.5 Å². The molecule has 2 aliphatic rings. The smallest absolute Gasteiger partial charge is 0.0603 e. The molecule has 3 nitrogen and oxygen atoms in total. The summed E-state index contributed by atoms with van der Waals surface area (Å²) in [6, 6.07) is 9.30. The topological polar surface area (TPSA) is 27.3 Å². The van der Waals surface area contributed by atoms with Crippen molar-refractivity contribution in [3.8, 4) is 0 Å². The maximum Gasteiger partial charge on any atom is 0.0603 e. The maximum absolute atomic E-state index is 3.57. The minimum Gasteiger partial charge on any atom is -0.382 e. The van der Waals surface area contributed by atoms with Gasteiger partial charge in [0.1, 0.15) is 0 Å². The maximum atomic E-state index is 3.57. The molecule has 0 aliphatic carbocycles. The first-order chi connectivity index (χ1) is 7.93. The van der Waals surface area contributed by atoms with Crippen LogP contribution in [0.25, 0.3) is 0 Å². The largest absolute Gasteiger partial charge is 0.382 e. The zero-order valence-corrected chi connectivity index (χ0v) is 9.58. The minimum atomic E-state index is 0.686. The first-order valence-corrected chi connectivity index (χ1v) is 6.25. The van der Waals surface area contributed by atoms with Gasteiger partial charge in [-0.25, -0.2) is 0 Å². The number of anilines is 2. The highest BCUT2D eigenvalue weighted by Gasteiger charge is 2.21. The molecule has 0 spiro atoms. The normalized spacial score (nSPS) is 24.0.